The molecule has 0 aliphatic carbocycles. The van der Waals surface area contributed by atoms with Gasteiger partial charge in [-0.1, -0.05) is 0 Å². The second kappa shape index (κ2) is 6.09. The molecule has 0 aliphatic heterocycles. The van der Waals surface area contributed by atoms with E-state index in [0.29, 0.717) is 16.7 Å². The van der Waals surface area contributed by atoms with Gasteiger partial charge in [0.2, 0.25) is 0 Å². The van der Waals surface area contributed by atoms with Crippen molar-refractivity contribution in [3.8, 4) is 0 Å². The van der Waals surface area contributed by atoms with Gasteiger partial charge < -0.3 is 9.73 Å². The fraction of sp³-hybridized carbons (Fsp3) is 0.500. The predicted octanol–water partition coefficient (Wildman–Crippen LogP) is 3.50. The zero-order valence-electron chi connectivity index (χ0n) is 8.81. The molecule has 1 amide bonds. The highest BCUT2D eigenvalue weighted by atomic mass is 79.9. The van der Waals surface area contributed by atoms with Crippen molar-refractivity contribution >= 4 is 21.8 Å². The lowest BCUT2D eigenvalue weighted by atomic mass is 10.2. The quantitative estimate of drug-likeness (QED) is 0.845. The molecule has 1 heterocycles. The lowest BCUT2D eigenvalue weighted by Gasteiger charge is -2.06. The van der Waals surface area contributed by atoms with Gasteiger partial charge in [0, 0.05) is 13.0 Å². The molecule has 17 heavy (non-hydrogen) atoms. The van der Waals surface area contributed by atoms with Crippen molar-refractivity contribution < 1.29 is 22.4 Å². The zero-order valence-corrected chi connectivity index (χ0v) is 10.4. The van der Waals surface area contributed by atoms with Crippen molar-refractivity contribution in [2.75, 3.05) is 6.54 Å². The smallest absolute Gasteiger partial charge is 0.389 e. The lowest BCUT2D eigenvalue weighted by molar-refractivity contribution is -0.135. The summed E-state index contributed by atoms with van der Waals surface area (Å²) in [6.45, 7) is 0.215. The SMILES string of the molecule is O=C(NCCCCC(F)(F)F)c1ccoc1Br. The summed E-state index contributed by atoms with van der Waals surface area (Å²) in [5.41, 5.74) is 0.334. The standard InChI is InChI=1S/C10H11BrF3NO2/c11-8-7(3-6-17-8)9(16)15-5-2-1-4-10(12,13)14/h3,6H,1-2,4-5H2,(H,15,16). The van der Waals surface area contributed by atoms with Gasteiger partial charge >= 0.3 is 6.18 Å². The third kappa shape index (κ3) is 5.25. The number of hydrogen-bond acceptors (Lipinski definition) is 2. The molecule has 7 heteroatoms. The summed E-state index contributed by atoms with van der Waals surface area (Å²) in [4.78, 5) is 11.5. The third-order valence-electron chi connectivity index (χ3n) is 2.04. The summed E-state index contributed by atoms with van der Waals surface area (Å²) < 4.78 is 40.6. The number of nitrogens with one attached hydrogen (secondary N) is 1. The van der Waals surface area contributed by atoms with Gasteiger partial charge in [-0.05, 0) is 34.8 Å². The number of halogens is 4. The third-order valence-corrected chi connectivity index (χ3v) is 2.65. The molecule has 0 unspecified atom stereocenters. The van der Waals surface area contributed by atoms with Crippen molar-refractivity contribution in [2.45, 2.75) is 25.4 Å². The van der Waals surface area contributed by atoms with E-state index in [1.807, 2.05) is 0 Å². The fourth-order valence-corrected chi connectivity index (χ4v) is 1.62. The normalized spacial score (nSPS) is 11.5. The van der Waals surface area contributed by atoms with Crippen LogP contribution in [0.3, 0.4) is 0 Å². The molecule has 1 aromatic heterocycles. The Labute approximate surface area is 104 Å². The largest absolute Gasteiger partial charge is 0.457 e. The predicted molar refractivity (Wildman–Crippen MR) is 58.6 cm³/mol. The number of unbranched alkanes of at least 4 members (excludes halogenated alkanes) is 1. The van der Waals surface area contributed by atoms with Gasteiger partial charge in [0.15, 0.2) is 4.67 Å². The summed E-state index contributed by atoms with van der Waals surface area (Å²) in [6.07, 6.45) is -3.30. The average Bonchev–Trinajstić information content (AvgIpc) is 2.62. The van der Waals surface area contributed by atoms with Crippen LogP contribution in [0.4, 0.5) is 13.2 Å². The first-order valence-electron chi connectivity index (χ1n) is 4.98. The molecule has 0 atom stereocenters. The number of rotatable bonds is 5. The molecule has 0 radical (unpaired) electrons. The Morgan fingerprint density at radius 1 is 1.41 bits per heavy atom. The Morgan fingerprint density at radius 3 is 2.65 bits per heavy atom. The van der Waals surface area contributed by atoms with Gasteiger partial charge in [0.05, 0.1) is 11.8 Å². The molecule has 1 aromatic rings. The van der Waals surface area contributed by atoms with Crippen molar-refractivity contribution in [3.05, 3.63) is 22.6 Å². The molecule has 1 N–H and O–H groups in total. The maximum absolute atomic E-state index is 11.8. The van der Waals surface area contributed by atoms with E-state index >= 15 is 0 Å². The van der Waals surface area contributed by atoms with Crippen LogP contribution in [-0.2, 0) is 0 Å². The van der Waals surface area contributed by atoms with Crippen LogP contribution in [0.25, 0.3) is 0 Å². The number of hydrogen-bond donors (Lipinski definition) is 1. The van der Waals surface area contributed by atoms with Gasteiger partial charge in [-0.15, -0.1) is 0 Å². The molecule has 0 saturated heterocycles. The van der Waals surface area contributed by atoms with Crippen LogP contribution in [0.2, 0.25) is 0 Å². The first kappa shape index (κ1) is 14.1. The van der Waals surface area contributed by atoms with Crippen molar-refractivity contribution in [3.63, 3.8) is 0 Å². The molecular weight excluding hydrogens is 303 g/mol. The van der Waals surface area contributed by atoms with E-state index in [0.717, 1.165) is 0 Å². The van der Waals surface area contributed by atoms with Gasteiger partial charge in [0.25, 0.3) is 5.91 Å². The van der Waals surface area contributed by atoms with Gasteiger partial charge in [-0.3, -0.25) is 4.79 Å². The Morgan fingerprint density at radius 2 is 2.12 bits per heavy atom. The van der Waals surface area contributed by atoms with E-state index < -0.39 is 12.6 Å². The van der Waals surface area contributed by atoms with Crippen LogP contribution >= 0.6 is 15.9 Å². The number of carbonyl (C=O) groups excluding carboxylic acids is 1. The highest BCUT2D eigenvalue weighted by Crippen LogP contribution is 2.22. The molecule has 1 rings (SSSR count). The molecular formula is C10H11BrF3NO2. The number of alkyl halides is 3. The summed E-state index contributed by atoms with van der Waals surface area (Å²) in [6, 6.07) is 1.48. The second-order valence-electron chi connectivity index (χ2n) is 3.44. The van der Waals surface area contributed by atoms with E-state index in [1.54, 1.807) is 0 Å². The Hall–Kier alpha value is -0.980. The first-order valence-corrected chi connectivity index (χ1v) is 5.77. The molecule has 0 spiro atoms. The van der Waals surface area contributed by atoms with Crippen LogP contribution in [-0.4, -0.2) is 18.6 Å². The Balaban J connectivity index is 2.20. The minimum absolute atomic E-state index is 0.0103. The number of amides is 1. The minimum atomic E-state index is -4.13. The maximum Gasteiger partial charge on any atom is 0.389 e. The van der Waals surface area contributed by atoms with E-state index in [9.17, 15) is 18.0 Å². The average molecular weight is 314 g/mol. The molecule has 0 aliphatic rings. The highest BCUT2D eigenvalue weighted by Gasteiger charge is 2.25. The van der Waals surface area contributed by atoms with E-state index in [2.05, 4.69) is 21.2 Å². The Kier molecular flexibility index (Phi) is 5.04. The van der Waals surface area contributed by atoms with Gasteiger partial charge in [0.1, 0.15) is 0 Å². The molecule has 96 valence electrons. The number of furan rings is 1. The summed E-state index contributed by atoms with van der Waals surface area (Å²) in [7, 11) is 0. The minimum Gasteiger partial charge on any atom is -0.457 e. The van der Waals surface area contributed by atoms with E-state index in [1.165, 1.54) is 12.3 Å². The first-order chi connectivity index (χ1) is 7.90. The van der Waals surface area contributed by atoms with Crippen LogP contribution < -0.4 is 5.32 Å². The fourth-order valence-electron chi connectivity index (χ4n) is 1.20. The van der Waals surface area contributed by atoms with E-state index in [-0.39, 0.29) is 18.9 Å². The summed E-state index contributed by atoms with van der Waals surface area (Å²) >= 11 is 3.04. The molecule has 0 fully saturated rings. The van der Waals surface area contributed by atoms with Gasteiger partial charge in [-0.2, -0.15) is 13.2 Å². The topological polar surface area (TPSA) is 42.2 Å². The highest BCUT2D eigenvalue weighted by molar-refractivity contribution is 9.10. The number of carbonyl (C=O) groups is 1. The molecule has 0 saturated carbocycles. The van der Waals surface area contributed by atoms with Crippen molar-refractivity contribution in [1.29, 1.82) is 0 Å². The van der Waals surface area contributed by atoms with Crippen LogP contribution in [0, 0.1) is 0 Å². The van der Waals surface area contributed by atoms with Gasteiger partial charge in [-0.25, -0.2) is 0 Å². The van der Waals surface area contributed by atoms with Crippen LogP contribution in [0.15, 0.2) is 21.4 Å². The molecule has 0 bridgehead atoms. The lowest BCUT2D eigenvalue weighted by Crippen LogP contribution is -2.24. The Bertz CT molecular complexity index is 376. The van der Waals surface area contributed by atoms with E-state index in [4.69, 9.17) is 4.42 Å². The summed E-state index contributed by atoms with van der Waals surface area (Å²) in [5.74, 6) is -0.363. The molecule has 3 nitrogen and oxygen atoms in total. The van der Waals surface area contributed by atoms with Crippen molar-refractivity contribution in [2.24, 2.45) is 0 Å². The zero-order chi connectivity index (χ0) is 12.9. The van der Waals surface area contributed by atoms with Crippen molar-refractivity contribution in [1.82, 2.24) is 5.32 Å². The molecule has 0 aromatic carbocycles. The maximum atomic E-state index is 11.8. The monoisotopic (exact) mass is 313 g/mol. The van der Waals surface area contributed by atoms with Crippen LogP contribution in [0.1, 0.15) is 29.6 Å². The second-order valence-corrected chi connectivity index (χ2v) is 4.16. The van der Waals surface area contributed by atoms with Crippen LogP contribution in [0.5, 0.6) is 0 Å². The summed E-state index contributed by atoms with van der Waals surface area (Å²) in [5, 5.41) is 2.52.